The number of carbonyl (C=O) groups excluding carboxylic acids is 1. The quantitative estimate of drug-likeness (QED) is 0.891. The molecule has 0 aliphatic heterocycles. The van der Waals surface area contributed by atoms with Gasteiger partial charge in [-0.1, -0.05) is 19.8 Å². The molecule has 0 saturated heterocycles. The Labute approximate surface area is 118 Å². The number of aryl methyl sites for hydroxylation is 2. The molecular formula is C14H23N3OS. The predicted octanol–water partition coefficient (Wildman–Crippen LogP) is 2.72. The molecule has 1 aliphatic rings. The van der Waals surface area contributed by atoms with Gasteiger partial charge >= 0.3 is 0 Å². The summed E-state index contributed by atoms with van der Waals surface area (Å²) in [6.45, 7) is 4.74. The molecule has 0 bridgehead atoms. The average Bonchev–Trinajstić information content (AvgIpc) is 2.78. The van der Waals surface area contributed by atoms with E-state index in [1.54, 1.807) is 11.3 Å². The van der Waals surface area contributed by atoms with Gasteiger partial charge in [0.05, 0.1) is 5.69 Å². The van der Waals surface area contributed by atoms with Crippen LogP contribution in [-0.2, 0) is 11.2 Å². The number of rotatable bonds is 4. The molecule has 3 N–H and O–H groups in total. The summed E-state index contributed by atoms with van der Waals surface area (Å²) in [5.41, 5.74) is 6.86. The van der Waals surface area contributed by atoms with E-state index in [9.17, 15) is 4.79 Å². The first-order valence-corrected chi connectivity index (χ1v) is 7.94. The molecule has 1 aromatic rings. The van der Waals surface area contributed by atoms with Crippen LogP contribution in [0, 0.1) is 18.8 Å². The normalized spacial score (nSPS) is 23.3. The van der Waals surface area contributed by atoms with Gasteiger partial charge in [0.2, 0.25) is 5.91 Å². The summed E-state index contributed by atoms with van der Waals surface area (Å²) in [6, 6.07) is 0. The Bertz CT molecular complexity index is 444. The van der Waals surface area contributed by atoms with Crippen LogP contribution in [0.4, 0.5) is 5.13 Å². The van der Waals surface area contributed by atoms with Crippen LogP contribution in [0.25, 0.3) is 0 Å². The number of thiazole rings is 1. The van der Waals surface area contributed by atoms with Gasteiger partial charge in [-0.2, -0.15) is 0 Å². The van der Waals surface area contributed by atoms with Crippen LogP contribution in [0.1, 0.15) is 43.2 Å². The van der Waals surface area contributed by atoms with E-state index >= 15 is 0 Å². The standard InChI is InChI=1S/C14H23N3OS/c1-3-12-9(2)19-14(16-12)17-13(18)11-7-5-4-6-10(11)8-15/h10-11H,3-8,15H2,1-2H3,(H,16,17,18). The number of nitrogens with two attached hydrogens (primary N) is 1. The van der Waals surface area contributed by atoms with Crippen molar-refractivity contribution in [1.29, 1.82) is 0 Å². The molecule has 5 heteroatoms. The number of anilines is 1. The first-order valence-electron chi connectivity index (χ1n) is 7.13. The third-order valence-corrected chi connectivity index (χ3v) is 4.93. The fourth-order valence-corrected chi connectivity index (χ4v) is 3.75. The van der Waals surface area contributed by atoms with Gasteiger partial charge in [0.1, 0.15) is 0 Å². The lowest BCUT2D eigenvalue weighted by molar-refractivity contribution is -0.122. The Morgan fingerprint density at radius 2 is 2.21 bits per heavy atom. The molecule has 0 radical (unpaired) electrons. The van der Waals surface area contributed by atoms with Gasteiger partial charge in [0, 0.05) is 10.8 Å². The molecule has 4 nitrogen and oxygen atoms in total. The minimum absolute atomic E-state index is 0.0630. The number of aromatic nitrogens is 1. The van der Waals surface area contributed by atoms with Crippen molar-refractivity contribution >= 4 is 22.4 Å². The van der Waals surface area contributed by atoms with E-state index in [1.165, 1.54) is 11.3 Å². The summed E-state index contributed by atoms with van der Waals surface area (Å²) < 4.78 is 0. The SMILES string of the molecule is CCc1nc(NC(=O)C2CCCCC2CN)sc1C. The molecule has 0 spiro atoms. The third-order valence-electron chi connectivity index (χ3n) is 4.01. The summed E-state index contributed by atoms with van der Waals surface area (Å²) in [5, 5.41) is 3.72. The number of carbonyl (C=O) groups is 1. The number of hydrogen-bond donors (Lipinski definition) is 2. The highest BCUT2D eigenvalue weighted by Crippen LogP contribution is 2.31. The van der Waals surface area contributed by atoms with E-state index in [4.69, 9.17) is 5.73 Å². The van der Waals surface area contributed by atoms with E-state index in [2.05, 4.69) is 24.1 Å². The Morgan fingerprint density at radius 1 is 1.47 bits per heavy atom. The van der Waals surface area contributed by atoms with Gasteiger partial charge in [0.15, 0.2) is 5.13 Å². The van der Waals surface area contributed by atoms with Crippen molar-refractivity contribution in [2.24, 2.45) is 17.6 Å². The summed E-state index contributed by atoms with van der Waals surface area (Å²) in [4.78, 5) is 18.0. The number of nitrogens with zero attached hydrogens (tertiary/aromatic N) is 1. The lowest BCUT2D eigenvalue weighted by atomic mass is 9.79. The van der Waals surface area contributed by atoms with Crippen LogP contribution >= 0.6 is 11.3 Å². The van der Waals surface area contributed by atoms with Crippen LogP contribution in [0.2, 0.25) is 0 Å². The van der Waals surface area contributed by atoms with Gasteiger partial charge in [0.25, 0.3) is 0 Å². The zero-order valence-electron chi connectivity index (χ0n) is 11.7. The lowest BCUT2D eigenvalue weighted by Crippen LogP contribution is -2.35. The molecule has 0 aromatic carbocycles. The van der Waals surface area contributed by atoms with Crippen LogP contribution in [0.3, 0.4) is 0 Å². The Hall–Kier alpha value is -0.940. The highest BCUT2D eigenvalue weighted by Gasteiger charge is 2.30. The van der Waals surface area contributed by atoms with Gasteiger partial charge in [-0.25, -0.2) is 4.98 Å². The minimum Gasteiger partial charge on any atom is -0.330 e. The maximum atomic E-state index is 12.3. The molecule has 2 unspecified atom stereocenters. The van der Waals surface area contributed by atoms with Crippen molar-refractivity contribution in [2.45, 2.75) is 46.0 Å². The first-order chi connectivity index (χ1) is 9.15. The molecule has 1 aliphatic carbocycles. The summed E-state index contributed by atoms with van der Waals surface area (Å²) in [7, 11) is 0. The van der Waals surface area contributed by atoms with Gasteiger partial charge in [-0.05, 0) is 38.6 Å². The van der Waals surface area contributed by atoms with Crippen molar-refractivity contribution in [3.8, 4) is 0 Å². The smallest absolute Gasteiger partial charge is 0.229 e. The second-order valence-electron chi connectivity index (χ2n) is 5.25. The lowest BCUT2D eigenvalue weighted by Gasteiger charge is -2.29. The Kier molecular flexibility index (Phi) is 4.93. The van der Waals surface area contributed by atoms with E-state index in [0.29, 0.717) is 12.5 Å². The maximum Gasteiger partial charge on any atom is 0.229 e. The summed E-state index contributed by atoms with van der Waals surface area (Å²) in [5.74, 6) is 0.500. The first kappa shape index (κ1) is 14.5. The monoisotopic (exact) mass is 281 g/mol. The largest absolute Gasteiger partial charge is 0.330 e. The zero-order chi connectivity index (χ0) is 13.8. The van der Waals surface area contributed by atoms with Gasteiger partial charge in [-0.15, -0.1) is 11.3 Å². The van der Waals surface area contributed by atoms with Crippen molar-refractivity contribution in [1.82, 2.24) is 4.98 Å². The van der Waals surface area contributed by atoms with E-state index < -0.39 is 0 Å². The average molecular weight is 281 g/mol. The zero-order valence-corrected chi connectivity index (χ0v) is 12.6. The second-order valence-corrected chi connectivity index (χ2v) is 6.45. The molecule has 2 atom stereocenters. The van der Waals surface area contributed by atoms with Crippen molar-refractivity contribution in [2.75, 3.05) is 11.9 Å². The van der Waals surface area contributed by atoms with E-state index in [1.807, 2.05) is 0 Å². The van der Waals surface area contributed by atoms with Crippen molar-refractivity contribution < 1.29 is 4.79 Å². The molecule has 1 amide bonds. The Morgan fingerprint density at radius 3 is 2.84 bits per heavy atom. The molecule has 19 heavy (non-hydrogen) atoms. The van der Waals surface area contributed by atoms with Gasteiger partial charge in [-0.3, -0.25) is 4.79 Å². The minimum atomic E-state index is 0.0630. The van der Waals surface area contributed by atoms with Gasteiger partial charge < -0.3 is 11.1 Å². The molecule has 1 fully saturated rings. The maximum absolute atomic E-state index is 12.3. The highest BCUT2D eigenvalue weighted by atomic mass is 32.1. The van der Waals surface area contributed by atoms with E-state index in [-0.39, 0.29) is 11.8 Å². The summed E-state index contributed by atoms with van der Waals surface area (Å²) in [6.07, 6.45) is 5.27. The molecule has 1 heterocycles. The number of amides is 1. The molecule has 2 rings (SSSR count). The summed E-state index contributed by atoms with van der Waals surface area (Å²) >= 11 is 1.57. The van der Waals surface area contributed by atoms with Crippen LogP contribution in [0.5, 0.6) is 0 Å². The van der Waals surface area contributed by atoms with Crippen LogP contribution in [0.15, 0.2) is 0 Å². The topological polar surface area (TPSA) is 68.0 Å². The van der Waals surface area contributed by atoms with E-state index in [0.717, 1.165) is 36.5 Å². The Balaban J connectivity index is 2.02. The molecular weight excluding hydrogens is 258 g/mol. The van der Waals surface area contributed by atoms with Crippen molar-refractivity contribution in [3.05, 3.63) is 10.6 Å². The number of hydrogen-bond acceptors (Lipinski definition) is 4. The van der Waals surface area contributed by atoms with Crippen LogP contribution < -0.4 is 11.1 Å². The highest BCUT2D eigenvalue weighted by molar-refractivity contribution is 7.15. The van der Waals surface area contributed by atoms with Crippen LogP contribution in [-0.4, -0.2) is 17.4 Å². The number of nitrogens with one attached hydrogen (secondary N) is 1. The molecule has 1 aromatic heterocycles. The van der Waals surface area contributed by atoms with Crippen molar-refractivity contribution in [3.63, 3.8) is 0 Å². The predicted molar refractivity (Wildman–Crippen MR) is 79.4 cm³/mol. The molecule has 1 saturated carbocycles. The molecule has 106 valence electrons. The third kappa shape index (κ3) is 3.34. The fourth-order valence-electron chi connectivity index (χ4n) is 2.84. The second kappa shape index (κ2) is 6.48. The fraction of sp³-hybridized carbons (Fsp3) is 0.714.